The topological polar surface area (TPSA) is 36.3 Å². The second-order valence-corrected chi connectivity index (χ2v) is 4.24. The number of anilines is 1. The van der Waals surface area contributed by atoms with Crippen molar-refractivity contribution in [3.8, 4) is 6.07 Å². The van der Waals surface area contributed by atoms with Crippen LogP contribution < -0.4 is 4.90 Å². The van der Waals surface area contributed by atoms with Gasteiger partial charge in [0.1, 0.15) is 6.07 Å². The highest BCUT2D eigenvalue weighted by Gasteiger charge is 2.15. The molecule has 0 aliphatic carbocycles. The van der Waals surface area contributed by atoms with Gasteiger partial charge in [-0.3, -0.25) is 0 Å². The molecule has 5 heteroatoms. The molecule has 0 aliphatic heterocycles. The average molecular weight is 301 g/mol. The molecule has 0 unspecified atom stereocenters. The molecule has 0 bridgehead atoms. The summed E-state index contributed by atoms with van der Waals surface area (Å²) < 4.78 is 19.2. The molecule has 0 spiro atoms. The Morgan fingerprint density at radius 1 is 1.53 bits per heavy atom. The minimum absolute atomic E-state index is 0.216. The van der Waals surface area contributed by atoms with Crippen LogP contribution in [0.25, 0.3) is 0 Å². The van der Waals surface area contributed by atoms with E-state index in [0.717, 1.165) is 0 Å². The molecule has 0 atom stereocenters. The third-order valence-electron chi connectivity index (χ3n) is 2.47. The van der Waals surface area contributed by atoms with Crippen molar-refractivity contribution in [1.29, 1.82) is 5.26 Å². The van der Waals surface area contributed by atoms with E-state index in [1.165, 1.54) is 0 Å². The van der Waals surface area contributed by atoms with E-state index in [-0.39, 0.29) is 4.47 Å². The molecule has 0 saturated carbocycles. The van der Waals surface area contributed by atoms with Gasteiger partial charge in [-0.25, -0.2) is 4.39 Å². The van der Waals surface area contributed by atoms with Gasteiger partial charge in [0.2, 0.25) is 0 Å². The number of hydrogen-bond donors (Lipinski definition) is 0. The lowest BCUT2D eigenvalue weighted by atomic mass is 10.2. The molecule has 1 rings (SSSR count). The van der Waals surface area contributed by atoms with E-state index >= 15 is 0 Å². The van der Waals surface area contributed by atoms with Crippen LogP contribution in [0.4, 0.5) is 10.1 Å². The third kappa shape index (κ3) is 3.18. The first kappa shape index (κ1) is 13.9. The number of ether oxygens (including phenoxy) is 1. The molecular weight excluding hydrogens is 287 g/mol. The number of methoxy groups -OCH3 is 1. The number of nitriles is 1. The molecule has 0 radical (unpaired) electrons. The van der Waals surface area contributed by atoms with Crippen LogP contribution in [0, 0.1) is 17.1 Å². The maximum absolute atomic E-state index is 14.0. The van der Waals surface area contributed by atoms with E-state index in [4.69, 9.17) is 10.00 Å². The Hall–Kier alpha value is -1.12. The van der Waals surface area contributed by atoms with Gasteiger partial charge < -0.3 is 9.64 Å². The zero-order chi connectivity index (χ0) is 12.8. The molecule has 0 saturated heterocycles. The molecule has 1 aromatic carbocycles. The fraction of sp³-hybridized carbons (Fsp3) is 0.417. The quantitative estimate of drug-likeness (QED) is 0.839. The lowest BCUT2D eigenvalue weighted by Crippen LogP contribution is -2.27. The van der Waals surface area contributed by atoms with Crippen LogP contribution in [-0.2, 0) is 4.74 Å². The van der Waals surface area contributed by atoms with E-state index in [9.17, 15) is 4.39 Å². The number of hydrogen-bond acceptors (Lipinski definition) is 3. The van der Waals surface area contributed by atoms with Gasteiger partial charge in [-0.2, -0.15) is 5.26 Å². The predicted molar refractivity (Wildman–Crippen MR) is 68.6 cm³/mol. The Kier molecular flexibility index (Phi) is 5.39. The van der Waals surface area contributed by atoms with Crippen molar-refractivity contribution in [2.45, 2.75) is 6.92 Å². The summed E-state index contributed by atoms with van der Waals surface area (Å²) in [6, 6.07) is 5.17. The largest absolute Gasteiger partial charge is 0.383 e. The Labute approximate surface area is 109 Å². The first-order chi connectivity index (χ1) is 8.15. The van der Waals surface area contributed by atoms with Crippen molar-refractivity contribution in [3.63, 3.8) is 0 Å². The summed E-state index contributed by atoms with van der Waals surface area (Å²) in [6.45, 7) is 3.77. The zero-order valence-electron chi connectivity index (χ0n) is 9.83. The maximum Gasteiger partial charge on any atom is 0.161 e. The summed E-state index contributed by atoms with van der Waals surface area (Å²) in [5.41, 5.74) is 0.782. The van der Waals surface area contributed by atoms with Crippen molar-refractivity contribution in [2.75, 3.05) is 31.7 Å². The smallest absolute Gasteiger partial charge is 0.161 e. The van der Waals surface area contributed by atoms with Gasteiger partial charge in [0.05, 0.1) is 22.3 Å². The SMILES string of the molecule is CCN(CCOC)c1ccc(C#N)c(Br)c1F. The minimum Gasteiger partial charge on any atom is -0.383 e. The zero-order valence-corrected chi connectivity index (χ0v) is 11.4. The van der Waals surface area contributed by atoms with Gasteiger partial charge in [-0.1, -0.05) is 0 Å². The second-order valence-electron chi connectivity index (χ2n) is 3.44. The number of benzene rings is 1. The maximum atomic E-state index is 14.0. The predicted octanol–water partition coefficient (Wildman–Crippen LogP) is 2.93. The highest BCUT2D eigenvalue weighted by atomic mass is 79.9. The van der Waals surface area contributed by atoms with Crippen LogP contribution in [0.1, 0.15) is 12.5 Å². The Morgan fingerprint density at radius 2 is 2.24 bits per heavy atom. The first-order valence-corrected chi connectivity index (χ1v) is 6.07. The van der Waals surface area contributed by atoms with Gasteiger partial charge >= 0.3 is 0 Å². The van der Waals surface area contributed by atoms with Gasteiger partial charge in [0.15, 0.2) is 5.82 Å². The average Bonchev–Trinajstić information content (AvgIpc) is 2.35. The normalized spacial score (nSPS) is 10.1. The number of likely N-dealkylation sites (N-methyl/N-ethyl adjacent to an activating group) is 1. The van der Waals surface area contributed by atoms with Crippen LogP contribution in [-0.4, -0.2) is 26.8 Å². The van der Waals surface area contributed by atoms with Gasteiger partial charge in [0, 0.05) is 20.2 Å². The van der Waals surface area contributed by atoms with E-state index in [0.29, 0.717) is 30.9 Å². The molecule has 3 nitrogen and oxygen atoms in total. The van der Waals surface area contributed by atoms with Gasteiger partial charge in [0.25, 0.3) is 0 Å². The van der Waals surface area contributed by atoms with Crippen LogP contribution in [0.2, 0.25) is 0 Å². The summed E-state index contributed by atoms with van der Waals surface area (Å²) in [7, 11) is 1.61. The highest BCUT2D eigenvalue weighted by Crippen LogP contribution is 2.28. The van der Waals surface area contributed by atoms with Crippen LogP contribution >= 0.6 is 15.9 Å². The first-order valence-electron chi connectivity index (χ1n) is 5.27. The number of nitrogens with zero attached hydrogens (tertiary/aromatic N) is 2. The monoisotopic (exact) mass is 300 g/mol. The Balaban J connectivity index is 3.05. The summed E-state index contributed by atoms with van der Waals surface area (Å²) in [4.78, 5) is 1.87. The van der Waals surface area contributed by atoms with Gasteiger partial charge in [-0.05, 0) is 35.0 Å². The lowest BCUT2D eigenvalue weighted by molar-refractivity contribution is 0.205. The van der Waals surface area contributed by atoms with E-state index in [1.54, 1.807) is 19.2 Å². The molecule has 92 valence electrons. The highest BCUT2D eigenvalue weighted by molar-refractivity contribution is 9.10. The number of rotatable bonds is 5. The molecule has 0 aromatic heterocycles. The summed E-state index contributed by atoms with van der Waals surface area (Å²) >= 11 is 3.10. The summed E-state index contributed by atoms with van der Waals surface area (Å²) in [5, 5.41) is 8.79. The molecule has 0 N–H and O–H groups in total. The van der Waals surface area contributed by atoms with E-state index in [2.05, 4.69) is 15.9 Å². The Morgan fingerprint density at radius 3 is 2.76 bits per heavy atom. The van der Waals surface area contributed by atoms with E-state index in [1.807, 2.05) is 17.9 Å². The molecule has 0 aliphatic rings. The van der Waals surface area contributed by atoms with Crippen LogP contribution in [0.3, 0.4) is 0 Å². The fourth-order valence-electron chi connectivity index (χ4n) is 1.52. The summed E-state index contributed by atoms with van der Waals surface area (Å²) in [5.74, 6) is -0.401. The number of halogens is 2. The minimum atomic E-state index is -0.401. The molecule has 1 aromatic rings. The van der Waals surface area contributed by atoms with Crippen LogP contribution in [0.5, 0.6) is 0 Å². The molecule has 0 heterocycles. The van der Waals surface area contributed by atoms with Crippen molar-refractivity contribution in [2.24, 2.45) is 0 Å². The standard InChI is InChI=1S/C12H14BrFN2O/c1-3-16(6-7-17-2)10-5-4-9(8-15)11(13)12(10)14/h4-5H,3,6-7H2,1-2H3. The Bertz CT molecular complexity index is 431. The molecule has 17 heavy (non-hydrogen) atoms. The molecule has 0 amide bonds. The summed E-state index contributed by atoms with van der Waals surface area (Å²) in [6.07, 6.45) is 0. The second kappa shape index (κ2) is 6.58. The molecule has 0 fully saturated rings. The van der Waals surface area contributed by atoms with Crippen molar-refractivity contribution in [1.82, 2.24) is 0 Å². The van der Waals surface area contributed by atoms with Crippen molar-refractivity contribution >= 4 is 21.6 Å². The third-order valence-corrected chi connectivity index (χ3v) is 3.25. The van der Waals surface area contributed by atoms with Crippen LogP contribution in [0.15, 0.2) is 16.6 Å². The van der Waals surface area contributed by atoms with Crippen molar-refractivity contribution in [3.05, 3.63) is 28.0 Å². The fourth-order valence-corrected chi connectivity index (χ4v) is 1.94. The van der Waals surface area contributed by atoms with Gasteiger partial charge in [-0.15, -0.1) is 0 Å². The lowest BCUT2D eigenvalue weighted by Gasteiger charge is -2.23. The van der Waals surface area contributed by atoms with Crippen molar-refractivity contribution < 1.29 is 9.13 Å². The molecular formula is C12H14BrFN2O. The van der Waals surface area contributed by atoms with E-state index < -0.39 is 5.82 Å².